The van der Waals surface area contributed by atoms with Gasteiger partial charge in [0.05, 0.1) is 0 Å². The van der Waals surface area contributed by atoms with E-state index in [1.807, 2.05) is 0 Å². The van der Waals surface area contributed by atoms with E-state index in [1.54, 1.807) is 0 Å². The Kier molecular flexibility index (Phi) is 11.3. The van der Waals surface area contributed by atoms with Crippen molar-refractivity contribution in [1.82, 2.24) is 9.79 Å². The molecule has 3 saturated heterocycles. The van der Waals surface area contributed by atoms with Gasteiger partial charge < -0.3 is 14.2 Å². The molecule has 3 heterocycles. The summed E-state index contributed by atoms with van der Waals surface area (Å²) in [6, 6.07) is 0. The van der Waals surface area contributed by atoms with Crippen LogP contribution in [0.4, 0.5) is 13.2 Å². The van der Waals surface area contributed by atoms with Crippen molar-refractivity contribution in [3.05, 3.63) is 0 Å². The summed E-state index contributed by atoms with van der Waals surface area (Å²) in [7, 11) is -3.96. The lowest BCUT2D eigenvalue weighted by Crippen LogP contribution is -2.61. The third kappa shape index (κ3) is 8.26. The van der Waals surface area contributed by atoms with Crippen LogP contribution < -0.4 is 5.48 Å². The van der Waals surface area contributed by atoms with E-state index >= 15 is 0 Å². The highest BCUT2D eigenvalue weighted by molar-refractivity contribution is 7.91. The van der Waals surface area contributed by atoms with Gasteiger partial charge in [-0.1, -0.05) is 19.3 Å². The van der Waals surface area contributed by atoms with Crippen LogP contribution in [0, 0.1) is 5.92 Å². The quantitative estimate of drug-likeness (QED) is 0.297. The fourth-order valence-corrected chi connectivity index (χ4v) is 7.15. The fourth-order valence-electron chi connectivity index (χ4n) is 5.01. The van der Waals surface area contributed by atoms with Crippen LogP contribution in [0.2, 0.25) is 0 Å². The van der Waals surface area contributed by atoms with Gasteiger partial charge in [0.1, 0.15) is 6.61 Å². The summed E-state index contributed by atoms with van der Waals surface area (Å²) in [6.07, 6.45) is 2.18. The highest BCUT2D eigenvalue weighted by Crippen LogP contribution is 2.36. The standard InChI is InChI=1S/C23H39F3N2O7S/c24-23(25,26)18-33-14-4-1-2-6-19-8-12-28(13-9-19)36(30,31)22(10-16-32-17-11-22)21(29)27-35-20-7-3-5-15-34-20/h19-20H,1-18H2,(H,27,29). The maximum absolute atomic E-state index is 13.7. The van der Waals surface area contributed by atoms with Crippen molar-refractivity contribution in [1.29, 1.82) is 0 Å². The van der Waals surface area contributed by atoms with E-state index in [9.17, 15) is 26.4 Å². The molecule has 1 N–H and O–H groups in total. The van der Waals surface area contributed by atoms with Gasteiger partial charge in [-0.3, -0.25) is 4.79 Å². The molecule has 1 amide bonds. The predicted octanol–water partition coefficient (Wildman–Crippen LogP) is 3.29. The molecule has 3 aliphatic heterocycles. The molecule has 0 aromatic heterocycles. The number of hydrogen-bond donors (Lipinski definition) is 1. The third-order valence-electron chi connectivity index (χ3n) is 7.21. The fraction of sp³-hybridized carbons (Fsp3) is 0.957. The number of hydrogen-bond acceptors (Lipinski definition) is 7. The lowest BCUT2D eigenvalue weighted by Gasteiger charge is -2.41. The van der Waals surface area contributed by atoms with Crippen molar-refractivity contribution in [3.8, 4) is 0 Å². The molecule has 3 fully saturated rings. The summed E-state index contributed by atoms with van der Waals surface area (Å²) in [5.41, 5.74) is 2.38. The number of halogens is 3. The Morgan fingerprint density at radius 1 is 1.03 bits per heavy atom. The molecule has 36 heavy (non-hydrogen) atoms. The average molecular weight is 545 g/mol. The number of rotatable bonds is 12. The minimum absolute atomic E-state index is 0.0619. The first kappa shape index (κ1) is 29.6. The van der Waals surface area contributed by atoms with Gasteiger partial charge in [-0.15, -0.1) is 0 Å². The van der Waals surface area contributed by atoms with E-state index in [0.29, 0.717) is 51.3 Å². The molecule has 0 bridgehead atoms. The van der Waals surface area contributed by atoms with Crippen LogP contribution in [0.5, 0.6) is 0 Å². The number of piperidine rings is 1. The first-order chi connectivity index (χ1) is 17.1. The van der Waals surface area contributed by atoms with Crippen molar-refractivity contribution in [2.75, 3.05) is 46.1 Å². The molecule has 0 aromatic rings. The smallest absolute Gasteiger partial charge is 0.381 e. The number of carbonyl (C=O) groups is 1. The molecular weight excluding hydrogens is 505 g/mol. The van der Waals surface area contributed by atoms with Crippen LogP contribution in [0.3, 0.4) is 0 Å². The Morgan fingerprint density at radius 2 is 1.75 bits per heavy atom. The first-order valence-corrected chi connectivity index (χ1v) is 14.4. The Labute approximate surface area is 211 Å². The molecule has 0 saturated carbocycles. The molecule has 0 radical (unpaired) electrons. The zero-order valence-electron chi connectivity index (χ0n) is 20.7. The minimum atomic E-state index is -4.30. The molecule has 0 aliphatic carbocycles. The van der Waals surface area contributed by atoms with Crippen molar-refractivity contribution >= 4 is 15.9 Å². The summed E-state index contributed by atoms with van der Waals surface area (Å²) in [6.45, 7) is 0.436. The topological polar surface area (TPSA) is 103 Å². The lowest BCUT2D eigenvalue weighted by molar-refractivity contribution is -0.202. The molecule has 3 aliphatic rings. The van der Waals surface area contributed by atoms with Crippen molar-refractivity contribution in [3.63, 3.8) is 0 Å². The maximum Gasteiger partial charge on any atom is 0.411 e. The Balaban J connectivity index is 1.45. The van der Waals surface area contributed by atoms with Crippen LogP contribution in [0.25, 0.3) is 0 Å². The van der Waals surface area contributed by atoms with E-state index in [-0.39, 0.29) is 32.7 Å². The minimum Gasteiger partial charge on any atom is -0.381 e. The first-order valence-electron chi connectivity index (χ1n) is 12.9. The van der Waals surface area contributed by atoms with E-state index in [1.165, 1.54) is 4.31 Å². The number of ether oxygens (including phenoxy) is 3. The average Bonchev–Trinajstić information content (AvgIpc) is 2.87. The van der Waals surface area contributed by atoms with E-state index < -0.39 is 39.8 Å². The largest absolute Gasteiger partial charge is 0.411 e. The van der Waals surface area contributed by atoms with Gasteiger partial charge >= 0.3 is 6.18 Å². The maximum atomic E-state index is 13.7. The zero-order chi connectivity index (χ0) is 26.1. The van der Waals surface area contributed by atoms with Gasteiger partial charge in [-0.25, -0.2) is 23.0 Å². The van der Waals surface area contributed by atoms with Gasteiger partial charge in [-0.05, 0) is 38.0 Å². The summed E-state index contributed by atoms with van der Waals surface area (Å²) >= 11 is 0. The molecule has 1 unspecified atom stereocenters. The number of nitrogens with one attached hydrogen (secondary N) is 1. The number of amides is 1. The van der Waals surface area contributed by atoms with Gasteiger partial charge in [0, 0.05) is 58.8 Å². The normalized spacial score (nSPS) is 24.5. The number of hydroxylamine groups is 1. The van der Waals surface area contributed by atoms with Gasteiger partial charge in [0.2, 0.25) is 10.0 Å². The number of unbranched alkanes of at least 4 members (excludes halogenated alkanes) is 2. The van der Waals surface area contributed by atoms with Crippen molar-refractivity contribution in [2.45, 2.75) is 87.8 Å². The molecular formula is C23H39F3N2O7S. The molecule has 0 aromatic carbocycles. The molecule has 3 rings (SSSR count). The Bertz CT molecular complexity index is 777. The van der Waals surface area contributed by atoms with Gasteiger partial charge in [0.25, 0.3) is 5.91 Å². The van der Waals surface area contributed by atoms with Gasteiger partial charge in [-0.2, -0.15) is 13.2 Å². The highest BCUT2D eigenvalue weighted by Gasteiger charge is 2.54. The second-order valence-corrected chi connectivity index (χ2v) is 12.1. The number of sulfonamides is 1. The second-order valence-electron chi connectivity index (χ2n) is 9.82. The van der Waals surface area contributed by atoms with E-state index in [4.69, 9.17) is 14.3 Å². The monoisotopic (exact) mass is 544 g/mol. The molecule has 13 heteroatoms. The van der Waals surface area contributed by atoms with Crippen LogP contribution in [-0.2, 0) is 33.9 Å². The lowest BCUT2D eigenvalue weighted by atomic mass is 9.92. The van der Waals surface area contributed by atoms with Crippen LogP contribution in [0.1, 0.15) is 70.6 Å². The van der Waals surface area contributed by atoms with E-state index in [0.717, 1.165) is 32.1 Å². The zero-order valence-corrected chi connectivity index (χ0v) is 21.5. The molecule has 9 nitrogen and oxygen atoms in total. The summed E-state index contributed by atoms with van der Waals surface area (Å²) < 4.78 is 78.9. The summed E-state index contributed by atoms with van der Waals surface area (Å²) in [5.74, 6) is -0.325. The number of nitrogens with zero attached hydrogens (tertiary/aromatic N) is 1. The SMILES string of the molecule is O=C(NOC1CCCCO1)C1(S(=O)(=O)N2CCC(CCCCCOCC(F)(F)F)CC2)CCOCC1. The molecule has 1 atom stereocenters. The Morgan fingerprint density at radius 3 is 2.39 bits per heavy atom. The van der Waals surface area contributed by atoms with Crippen LogP contribution in [0.15, 0.2) is 0 Å². The second kappa shape index (κ2) is 13.7. The molecule has 210 valence electrons. The van der Waals surface area contributed by atoms with Gasteiger partial charge in [0.15, 0.2) is 11.0 Å². The van der Waals surface area contributed by atoms with Crippen LogP contribution in [-0.4, -0.2) is 82.0 Å². The number of carbonyl (C=O) groups excluding carboxylic acids is 1. The van der Waals surface area contributed by atoms with Crippen molar-refractivity contribution in [2.24, 2.45) is 5.92 Å². The highest BCUT2D eigenvalue weighted by atomic mass is 32.2. The Hall–Kier alpha value is -0.990. The van der Waals surface area contributed by atoms with Crippen molar-refractivity contribution < 1.29 is 45.4 Å². The summed E-state index contributed by atoms with van der Waals surface area (Å²) in [5, 5.41) is 0. The summed E-state index contributed by atoms with van der Waals surface area (Å²) in [4.78, 5) is 18.6. The van der Waals surface area contributed by atoms with E-state index in [2.05, 4.69) is 10.2 Å². The number of alkyl halides is 3. The van der Waals surface area contributed by atoms with Crippen LogP contribution >= 0.6 is 0 Å². The third-order valence-corrected chi connectivity index (χ3v) is 9.84. The molecule has 0 spiro atoms. The predicted molar refractivity (Wildman–Crippen MR) is 124 cm³/mol.